The van der Waals surface area contributed by atoms with Crippen LogP contribution in [0.25, 0.3) is 0 Å². The topological polar surface area (TPSA) is 26.0 Å². The highest BCUT2D eigenvalue weighted by atomic mass is 19.1. The molecule has 0 aliphatic carbocycles. The number of nitrogens with two attached hydrogens (primary N) is 1. The summed E-state index contributed by atoms with van der Waals surface area (Å²) in [5, 5.41) is 0. The number of hydrogen-bond acceptors (Lipinski definition) is 1. The van der Waals surface area contributed by atoms with Crippen LogP contribution in [0, 0.1) is 17.7 Å². The summed E-state index contributed by atoms with van der Waals surface area (Å²) in [4.78, 5) is 0. The van der Waals surface area contributed by atoms with Gasteiger partial charge in [-0.15, -0.1) is 0 Å². The highest BCUT2D eigenvalue weighted by molar-refractivity contribution is 5.16. The minimum Gasteiger partial charge on any atom is -0.330 e. The van der Waals surface area contributed by atoms with E-state index in [1.807, 2.05) is 12.1 Å². The summed E-state index contributed by atoms with van der Waals surface area (Å²) in [5.74, 6) is 0.883. The SMILES string of the molecule is CC(C)C(CN)Cc1ccc(F)cc1. The average Bonchev–Trinajstić information content (AvgIpc) is 2.16. The van der Waals surface area contributed by atoms with Gasteiger partial charge in [0.05, 0.1) is 0 Å². The quantitative estimate of drug-likeness (QED) is 0.785. The zero-order chi connectivity index (χ0) is 10.6. The zero-order valence-electron chi connectivity index (χ0n) is 8.83. The molecule has 0 amide bonds. The van der Waals surface area contributed by atoms with Gasteiger partial charge in [-0.3, -0.25) is 0 Å². The molecule has 0 saturated carbocycles. The molecular formula is C12H18FN. The van der Waals surface area contributed by atoms with Crippen LogP contribution >= 0.6 is 0 Å². The van der Waals surface area contributed by atoms with E-state index >= 15 is 0 Å². The maximum Gasteiger partial charge on any atom is 0.123 e. The van der Waals surface area contributed by atoms with Gasteiger partial charge in [0.25, 0.3) is 0 Å². The average molecular weight is 195 g/mol. The van der Waals surface area contributed by atoms with E-state index < -0.39 is 0 Å². The van der Waals surface area contributed by atoms with Crippen LogP contribution in [0.2, 0.25) is 0 Å². The van der Waals surface area contributed by atoms with Gasteiger partial charge in [0.15, 0.2) is 0 Å². The molecule has 1 nitrogen and oxygen atoms in total. The summed E-state index contributed by atoms with van der Waals surface area (Å²) in [7, 11) is 0. The van der Waals surface area contributed by atoms with Crippen LogP contribution in [0.3, 0.4) is 0 Å². The van der Waals surface area contributed by atoms with Gasteiger partial charge < -0.3 is 5.73 Å². The molecule has 1 unspecified atom stereocenters. The van der Waals surface area contributed by atoms with E-state index in [9.17, 15) is 4.39 Å². The van der Waals surface area contributed by atoms with Crippen LogP contribution in [0.4, 0.5) is 4.39 Å². The first-order chi connectivity index (χ1) is 6.63. The van der Waals surface area contributed by atoms with Crippen molar-refractivity contribution in [3.05, 3.63) is 35.6 Å². The zero-order valence-corrected chi connectivity index (χ0v) is 8.83. The van der Waals surface area contributed by atoms with Gasteiger partial charge in [0.2, 0.25) is 0 Å². The summed E-state index contributed by atoms with van der Waals surface area (Å²) < 4.78 is 12.6. The second kappa shape index (κ2) is 5.11. The Hall–Kier alpha value is -0.890. The minimum absolute atomic E-state index is 0.178. The molecule has 0 saturated heterocycles. The monoisotopic (exact) mass is 195 g/mol. The third-order valence-electron chi connectivity index (χ3n) is 2.66. The van der Waals surface area contributed by atoms with Crippen molar-refractivity contribution in [2.24, 2.45) is 17.6 Å². The second-order valence-corrected chi connectivity index (χ2v) is 4.07. The Morgan fingerprint density at radius 3 is 2.21 bits per heavy atom. The first-order valence-electron chi connectivity index (χ1n) is 5.08. The maximum atomic E-state index is 12.6. The van der Waals surface area contributed by atoms with Crippen molar-refractivity contribution in [3.63, 3.8) is 0 Å². The van der Waals surface area contributed by atoms with Crippen LogP contribution in [0.5, 0.6) is 0 Å². The van der Waals surface area contributed by atoms with Crippen LogP contribution in [0.1, 0.15) is 19.4 Å². The Kier molecular flexibility index (Phi) is 4.08. The van der Waals surface area contributed by atoms with Gasteiger partial charge in [-0.25, -0.2) is 4.39 Å². The maximum absolute atomic E-state index is 12.6. The van der Waals surface area contributed by atoms with Crippen molar-refractivity contribution in [2.45, 2.75) is 20.3 Å². The van der Waals surface area contributed by atoms with E-state index in [0.29, 0.717) is 18.4 Å². The van der Waals surface area contributed by atoms with Gasteiger partial charge in [0.1, 0.15) is 5.82 Å². The summed E-state index contributed by atoms with van der Waals surface area (Å²) in [6.45, 7) is 5.02. The van der Waals surface area contributed by atoms with E-state index in [2.05, 4.69) is 13.8 Å². The molecule has 0 radical (unpaired) electrons. The molecule has 14 heavy (non-hydrogen) atoms. The lowest BCUT2D eigenvalue weighted by molar-refractivity contribution is 0.392. The first-order valence-corrected chi connectivity index (χ1v) is 5.08. The molecule has 0 aliphatic heterocycles. The lowest BCUT2D eigenvalue weighted by atomic mass is 9.89. The van der Waals surface area contributed by atoms with Crippen LogP contribution < -0.4 is 5.73 Å². The van der Waals surface area contributed by atoms with E-state index in [1.54, 1.807) is 0 Å². The molecule has 1 atom stereocenters. The highest BCUT2D eigenvalue weighted by Gasteiger charge is 2.11. The Labute approximate surface area is 85.1 Å². The largest absolute Gasteiger partial charge is 0.330 e. The summed E-state index contributed by atoms with van der Waals surface area (Å²) in [6.07, 6.45) is 0.939. The summed E-state index contributed by atoms with van der Waals surface area (Å²) in [6, 6.07) is 6.67. The van der Waals surface area contributed by atoms with Gasteiger partial charge in [0, 0.05) is 0 Å². The molecule has 0 spiro atoms. The van der Waals surface area contributed by atoms with Crippen molar-refractivity contribution in [1.82, 2.24) is 0 Å². The number of benzene rings is 1. The van der Waals surface area contributed by atoms with E-state index in [0.717, 1.165) is 12.0 Å². The normalized spacial score (nSPS) is 13.2. The fourth-order valence-electron chi connectivity index (χ4n) is 1.51. The fourth-order valence-corrected chi connectivity index (χ4v) is 1.51. The molecule has 0 heterocycles. The lowest BCUT2D eigenvalue weighted by Gasteiger charge is -2.18. The molecule has 78 valence electrons. The molecule has 2 heteroatoms. The van der Waals surface area contributed by atoms with Gasteiger partial charge in [-0.05, 0) is 42.5 Å². The summed E-state index contributed by atoms with van der Waals surface area (Å²) in [5.41, 5.74) is 6.84. The highest BCUT2D eigenvalue weighted by Crippen LogP contribution is 2.16. The number of hydrogen-bond donors (Lipinski definition) is 1. The predicted octanol–water partition coefficient (Wildman–Crippen LogP) is 2.60. The molecule has 1 aromatic rings. The van der Waals surface area contributed by atoms with Crippen molar-refractivity contribution >= 4 is 0 Å². The second-order valence-electron chi connectivity index (χ2n) is 4.07. The molecule has 1 aromatic carbocycles. The predicted molar refractivity (Wildman–Crippen MR) is 57.5 cm³/mol. The Bertz CT molecular complexity index is 266. The Morgan fingerprint density at radius 2 is 1.79 bits per heavy atom. The third-order valence-corrected chi connectivity index (χ3v) is 2.66. The van der Waals surface area contributed by atoms with Crippen LogP contribution in [0.15, 0.2) is 24.3 Å². The van der Waals surface area contributed by atoms with Crippen LogP contribution in [-0.2, 0) is 6.42 Å². The first kappa shape index (κ1) is 11.2. The molecule has 0 aliphatic rings. The Balaban J connectivity index is 2.63. The molecule has 2 N–H and O–H groups in total. The minimum atomic E-state index is -0.178. The molecule has 0 bridgehead atoms. The van der Waals surface area contributed by atoms with Crippen molar-refractivity contribution in [1.29, 1.82) is 0 Å². The molecule has 0 fully saturated rings. The van der Waals surface area contributed by atoms with Gasteiger partial charge in [-0.1, -0.05) is 26.0 Å². The summed E-state index contributed by atoms with van der Waals surface area (Å²) >= 11 is 0. The molecular weight excluding hydrogens is 177 g/mol. The Morgan fingerprint density at radius 1 is 1.21 bits per heavy atom. The third kappa shape index (κ3) is 3.11. The van der Waals surface area contributed by atoms with E-state index in [1.165, 1.54) is 12.1 Å². The van der Waals surface area contributed by atoms with Gasteiger partial charge in [-0.2, -0.15) is 0 Å². The lowest BCUT2D eigenvalue weighted by Crippen LogP contribution is -2.22. The molecule has 1 rings (SSSR count). The number of rotatable bonds is 4. The standard InChI is InChI=1S/C12H18FN/c1-9(2)11(8-14)7-10-3-5-12(13)6-4-10/h3-6,9,11H,7-8,14H2,1-2H3. The van der Waals surface area contributed by atoms with E-state index in [4.69, 9.17) is 5.73 Å². The van der Waals surface area contributed by atoms with Crippen LogP contribution in [-0.4, -0.2) is 6.54 Å². The van der Waals surface area contributed by atoms with Crippen molar-refractivity contribution < 1.29 is 4.39 Å². The molecule has 0 aromatic heterocycles. The van der Waals surface area contributed by atoms with E-state index in [-0.39, 0.29) is 5.82 Å². The fraction of sp³-hybridized carbons (Fsp3) is 0.500. The smallest absolute Gasteiger partial charge is 0.123 e. The van der Waals surface area contributed by atoms with Crippen molar-refractivity contribution in [2.75, 3.05) is 6.54 Å². The van der Waals surface area contributed by atoms with Crippen molar-refractivity contribution in [3.8, 4) is 0 Å². The number of halogens is 1. The van der Waals surface area contributed by atoms with Gasteiger partial charge >= 0.3 is 0 Å².